The number of hydrogen-bond acceptors (Lipinski definition) is 1. The van der Waals surface area contributed by atoms with Crippen LogP contribution in [-0.4, -0.2) is 13.1 Å². The van der Waals surface area contributed by atoms with E-state index in [1.165, 1.54) is 33.1 Å². The lowest BCUT2D eigenvalue weighted by atomic mass is 9.83. The molecule has 2 heterocycles. The Labute approximate surface area is 159 Å². The zero-order valence-electron chi connectivity index (χ0n) is 13.8. The molecule has 24 heavy (non-hydrogen) atoms. The summed E-state index contributed by atoms with van der Waals surface area (Å²) in [4.78, 5) is 2.43. The van der Waals surface area contributed by atoms with Gasteiger partial charge >= 0.3 is 0 Å². The van der Waals surface area contributed by atoms with Crippen LogP contribution in [0.2, 0.25) is 0 Å². The normalized spacial score (nSPS) is 21.0. The summed E-state index contributed by atoms with van der Waals surface area (Å²) >= 11 is 0. The maximum atomic E-state index is 2.43. The summed E-state index contributed by atoms with van der Waals surface area (Å²) in [5, 5.41) is 4.09. The number of hydrogen-bond donors (Lipinski definition) is 0. The molecular weight excluding hydrogens is 407 g/mol. The quantitative estimate of drug-likeness (QED) is 0.294. The molecule has 2 atom stereocenters. The zero-order chi connectivity index (χ0) is 15.6. The van der Waals surface area contributed by atoms with Gasteiger partial charge < -0.3 is 28.9 Å². The van der Waals surface area contributed by atoms with Gasteiger partial charge in [0.1, 0.15) is 7.05 Å². The first kappa shape index (κ1) is 15.6. The first-order valence-electron chi connectivity index (χ1n) is 8.18. The van der Waals surface area contributed by atoms with Crippen molar-refractivity contribution in [2.24, 2.45) is 7.05 Å². The molecule has 120 valence electrons. The Morgan fingerprint density at radius 3 is 2.54 bits per heavy atom. The number of halogens is 1. The van der Waals surface area contributed by atoms with Gasteiger partial charge in [0.2, 0.25) is 11.2 Å². The van der Waals surface area contributed by atoms with E-state index in [2.05, 4.69) is 90.3 Å². The van der Waals surface area contributed by atoms with Gasteiger partial charge in [-0.3, -0.25) is 0 Å². The summed E-state index contributed by atoms with van der Waals surface area (Å²) in [5.74, 6) is 0.400. The zero-order valence-corrected chi connectivity index (χ0v) is 15.9. The smallest absolute Gasteiger partial charge is 0.213 e. The van der Waals surface area contributed by atoms with Gasteiger partial charge in [-0.2, -0.15) is 4.57 Å². The van der Waals surface area contributed by atoms with Crippen molar-refractivity contribution in [1.29, 1.82) is 0 Å². The molecule has 3 aromatic rings. The van der Waals surface area contributed by atoms with Crippen LogP contribution in [0.3, 0.4) is 0 Å². The summed E-state index contributed by atoms with van der Waals surface area (Å²) < 4.78 is 2.40. The number of aromatic nitrogens is 1. The van der Waals surface area contributed by atoms with Crippen LogP contribution in [0.5, 0.6) is 0 Å². The second-order valence-corrected chi connectivity index (χ2v) is 6.56. The van der Waals surface area contributed by atoms with Gasteiger partial charge in [0.15, 0.2) is 0 Å². The lowest BCUT2D eigenvalue weighted by Gasteiger charge is -2.38. The van der Waals surface area contributed by atoms with E-state index in [0.717, 1.165) is 0 Å². The van der Waals surface area contributed by atoms with Crippen LogP contribution in [0.25, 0.3) is 21.7 Å². The Bertz CT molecular complexity index is 1020. The highest BCUT2D eigenvalue weighted by Gasteiger charge is 2.38. The van der Waals surface area contributed by atoms with E-state index in [-0.39, 0.29) is 24.0 Å². The van der Waals surface area contributed by atoms with Crippen molar-refractivity contribution in [2.45, 2.75) is 12.0 Å². The average Bonchev–Trinajstić information content (AvgIpc) is 2.61. The Kier molecular flexibility index (Phi) is 3.64. The van der Waals surface area contributed by atoms with Crippen LogP contribution in [0, 0.1) is 0 Å². The van der Waals surface area contributed by atoms with Crippen LogP contribution < -0.4 is 33.4 Å². The molecule has 0 spiro atoms. The number of para-hydroxylation sites is 1. The van der Waals surface area contributed by atoms with E-state index < -0.39 is 0 Å². The van der Waals surface area contributed by atoms with Crippen molar-refractivity contribution in [3.63, 3.8) is 0 Å². The number of rotatable bonds is 0. The van der Waals surface area contributed by atoms with Gasteiger partial charge in [0.25, 0.3) is 0 Å². The molecule has 0 amide bonds. The predicted octanol–water partition coefficient (Wildman–Crippen LogP) is 0.849. The van der Waals surface area contributed by atoms with Gasteiger partial charge in [-0.1, -0.05) is 48.6 Å². The molecule has 5 rings (SSSR count). The molecule has 2 nitrogen and oxygen atoms in total. The number of benzene rings is 2. The number of likely N-dealkylation sites (N-methyl/N-ethyl adjacent to an activating group) is 1. The topological polar surface area (TPSA) is 7.12 Å². The standard InChI is InChI=1S/C21H19N2.HI/c1-22-18-12-6-4-9-16(18)21-20-15(10-7-13-19(20)22)14-8-3-5-11-17(14)23(21)2;/h3-13,16,18H,1-2H3;1H/q+1;/p-1. The number of fused-ring (bicyclic) bond motifs is 4. The van der Waals surface area contributed by atoms with Crippen molar-refractivity contribution in [1.82, 2.24) is 0 Å². The predicted molar refractivity (Wildman–Crippen MR) is 95.8 cm³/mol. The maximum Gasteiger partial charge on any atom is 0.213 e. The summed E-state index contributed by atoms with van der Waals surface area (Å²) in [6, 6.07) is 15.8. The largest absolute Gasteiger partial charge is 1.00 e. The van der Waals surface area contributed by atoms with E-state index in [0.29, 0.717) is 12.0 Å². The number of aryl methyl sites for hydroxylation is 1. The number of allylic oxidation sites excluding steroid dienone is 2. The Balaban J connectivity index is 0.00000146. The van der Waals surface area contributed by atoms with Crippen molar-refractivity contribution < 1.29 is 28.5 Å². The van der Waals surface area contributed by atoms with E-state index in [9.17, 15) is 0 Å². The van der Waals surface area contributed by atoms with Crippen LogP contribution in [0.4, 0.5) is 5.69 Å². The molecule has 1 aliphatic carbocycles. The summed E-state index contributed by atoms with van der Waals surface area (Å²) in [6.45, 7) is 0. The van der Waals surface area contributed by atoms with Gasteiger partial charge in [-0.05, 0) is 12.1 Å². The minimum absolute atomic E-state index is 0. The molecule has 2 aliphatic rings. The fourth-order valence-corrected chi connectivity index (χ4v) is 4.39. The fraction of sp³-hybridized carbons (Fsp3) is 0.190. The van der Waals surface area contributed by atoms with E-state index >= 15 is 0 Å². The second-order valence-electron chi connectivity index (χ2n) is 6.56. The van der Waals surface area contributed by atoms with Gasteiger partial charge in [-0.15, -0.1) is 0 Å². The first-order chi connectivity index (χ1) is 11.3. The van der Waals surface area contributed by atoms with Crippen LogP contribution in [0.15, 0.2) is 66.8 Å². The molecule has 0 bridgehead atoms. The van der Waals surface area contributed by atoms with Gasteiger partial charge in [-0.25, -0.2) is 0 Å². The minimum atomic E-state index is 0. The molecule has 0 fully saturated rings. The first-order valence-corrected chi connectivity index (χ1v) is 8.18. The Morgan fingerprint density at radius 2 is 1.67 bits per heavy atom. The Morgan fingerprint density at radius 1 is 0.917 bits per heavy atom. The molecule has 0 saturated heterocycles. The molecule has 1 aromatic heterocycles. The number of pyridine rings is 1. The van der Waals surface area contributed by atoms with Gasteiger partial charge in [0, 0.05) is 18.5 Å². The number of nitrogens with zero attached hydrogens (tertiary/aromatic N) is 2. The molecule has 0 N–H and O–H groups in total. The molecule has 3 heteroatoms. The lowest BCUT2D eigenvalue weighted by molar-refractivity contribution is -0.652. The van der Waals surface area contributed by atoms with Crippen LogP contribution in [-0.2, 0) is 7.05 Å². The third-order valence-corrected chi connectivity index (χ3v) is 5.46. The van der Waals surface area contributed by atoms with E-state index in [4.69, 9.17) is 0 Å². The average molecular weight is 426 g/mol. The van der Waals surface area contributed by atoms with Crippen LogP contribution in [0.1, 0.15) is 11.6 Å². The highest BCUT2D eigenvalue weighted by molar-refractivity contribution is 6.10. The SMILES string of the molecule is CN1c2cccc3c2c([n+](C)c2ccccc32)C2C=CC=CC21.[I-]. The molecular formula is C21H19IN2. The molecule has 0 saturated carbocycles. The monoisotopic (exact) mass is 426 g/mol. The van der Waals surface area contributed by atoms with Crippen LogP contribution >= 0.6 is 0 Å². The summed E-state index contributed by atoms with van der Waals surface area (Å²) in [6.07, 6.45) is 9.02. The summed E-state index contributed by atoms with van der Waals surface area (Å²) in [5.41, 5.74) is 4.07. The third-order valence-electron chi connectivity index (χ3n) is 5.46. The van der Waals surface area contributed by atoms with Crippen molar-refractivity contribution in [2.75, 3.05) is 11.9 Å². The highest BCUT2D eigenvalue weighted by atomic mass is 127. The third kappa shape index (κ3) is 1.91. The fourth-order valence-electron chi connectivity index (χ4n) is 4.39. The highest BCUT2D eigenvalue weighted by Crippen LogP contribution is 2.43. The van der Waals surface area contributed by atoms with E-state index in [1.807, 2.05) is 0 Å². The second kappa shape index (κ2) is 5.59. The minimum Gasteiger partial charge on any atom is -1.00 e. The number of anilines is 1. The molecule has 2 aromatic carbocycles. The van der Waals surface area contributed by atoms with E-state index in [1.54, 1.807) is 0 Å². The Hall–Kier alpha value is -1.88. The maximum absolute atomic E-state index is 2.43. The van der Waals surface area contributed by atoms with Crippen molar-refractivity contribution in [3.05, 3.63) is 72.5 Å². The van der Waals surface area contributed by atoms with Gasteiger partial charge in [0.05, 0.1) is 28.4 Å². The molecule has 2 unspecified atom stereocenters. The lowest BCUT2D eigenvalue weighted by Crippen LogP contribution is -3.00. The summed E-state index contributed by atoms with van der Waals surface area (Å²) in [7, 11) is 4.43. The van der Waals surface area contributed by atoms with Crippen molar-refractivity contribution >= 4 is 27.4 Å². The molecule has 0 radical (unpaired) electrons. The molecule has 1 aliphatic heterocycles. The van der Waals surface area contributed by atoms with Crippen molar-refractivity contribution in [3.8, 4) is 0 Å².